The van der Waals surface area contributed by atoms with Gasteiger partial charge in [0.15, 0.2) is 0 Å². The molecule has 0 saturated carbocycles. The molecule has 0 aromatic heterocycles. The summed E-state index contributed by atoms with van der Waals surface area (Å²) in [6.07, 6.45) is 6.87. The van der Waals surface area contributed by atoms with Gasteiger partial charge in [0.1, 0.15) is 0 Å². The molecule has 0 spiro atoms. The Morgan fingerprint density at radius 2 is 1.38 bits per heavy atom. The summed E-state index contributed by atoms with van der Waals surface area (Å²) < 4.78 is 3.31. The Morgan fingerprint density at radius 3 is 1.62 bits per heavy atom. The van der Waals surface area contributed by atoms with E-state index in [1.165, 1.54) is 32.1 Å². The molecule has 2 unspecified atom stereocenters. The minimum absolute atomic E-state index is 0.296. The van der Waals surface area contributed by atoms with Crippen LogP contribution < -0.4 is 0 Å². The summed E-state index contributed by atoms with van der Waals surface area (Å²) in [4.78, 5) is 2.54. The third kappa shape index (κ3) is 11.0. The molecule has 0 bridgehead atoms. The van der Waals surface area contributed by atoms with Crippen LogP contribution in [-0.2, 0) is 0 Å². The van der Waals surface area contributed by atoms with Gasteiger partial charge in [0, 0.05) is 0 Å². The molecule has 0 aromatic carbocycles. The largest absolute Gasteiger partial charge is 0.0654 e. The van der Waals surface area contributed by atoms with Gasteiger partial charge in [-0.3, -0.25) is 0 Å². The molecule has 0 aliphatic carbocycles. The first-order valence-electron chi connectivity index (χ1n) is 9.51. The molecule has 0 N–H and O–H groups in total. The van der Waals surface area contributed by atoms with Crippen molar-refractivity contribution in [2.75, 3.05) is 13.8 Å². The summed E-state index contributed by atoms with van der Waals surface area (Å²) >= 11 is -0.296. The normalized spacial score (nSPS) is 18.9. The summed E-state index contributed by atoms with van der Waals surface area (Å²) in [5.74, 6) is 4.11. The molecule has 0 nitrogen and oxygen atoms in total. The van der Waals surface area contributed by atoms with Crippen LogP contribution >= 0.6 is 19.8 Å². The maximum Gasteiger partial charge on any atom is -0.0446 e. The van der Waals surface area contributed by atoms with Crippen molar-refractivity contribution in [2.24, 2.45) is 23.7 Å². The number of rotatable bonds is 7. The number of hydrogen-bond acceptors (Lipinski definition) is 0. The van der Waals surface area contributed by atoms with Crippen molar-refractivity contribution in [1.82, 2.24) is 0 Å². The molecule has 1 heterocycles. The second-order valence-corrected chi connectivity index (χ2v) is 12.4. The molecule has 0 aromatic rings. The number of halogens is 1. The van der Waals surface area contributed by atoms with Crippen LogP contribution in [0.5, 0.6) is 0 Å². The Balaban J connectivity index is 0. The van der Waals surface area contributed by atoms with Crippen LogP contribution in [0.2, 0.25) is 0 Å². The quantitative estimate of drug-likeness (QED) is 0.297. The minimum atomic E-state index is -0.296. The van der Waals surface area contributed by atoms with Gasteiger partial charge in [-0.1, -0.05) is 53.9 Å². The zero-order valence-corrected chi connectivity index (χ0v) is 18.8. The second-order valence-electron chi connectivity index (χ2n) is 6.53. The van der Waals surface area contributed by atoms with Gasteiger partial charge in [-0.05, 0) is 5.92 Å². The van der Waals surface area contributed by atoms with Crippen LogP contribution in [0.15, 0.2) is 0 Å². The monoisotopic (exact) mass is 412 g/mol. The maximum absolute atomic E-state index is 2.54. The van der Waals surface area contributed by atoms with Crippen LogP contribution in [0, 0.1) is 23.7 Å². The Hall–Kier alpha value is 0.730. The van der Waals surface area contributed by atoms with E-state index in [-0.39, 0.29) is 19.8 Å². The molecule has 1 aliphatic rings. The summed E-state index contributed by atoms with van der Waals surface area (Å²) in [6.45, 7) is 18.0. The first-order valence-corrected chi connectivity index (χ1v) is 14.7. The van der Waals surface area contributed by atoms with Crippen molar-refractivity contribution in [3.05, 3.63) is 0 Å². The van der Waals surface area contributed by atoms with E-state index in [1.54, 1.807) is 8.86 Å². The first-order chi connectivity index (χ1) is 9.99. The van der Waals surface area contributed by atoms with E-state index in [1.807, 2.05) is 13.8 Å². The Morgan fingerprint density at radius 1 is 0.905 bits per heavy atom. The third-order valence-corrected chi connectivity index (χ3v) is 10.2. The Kier molecular flexibility index (Phi) is 17.8. The van der Waals surface area contributed by atoms with E-state index in [2.05, 4.69) is 46.5 Å². The maximum atomic E-state index is 2.54. The van der Waals surface area contributed by atoms with E-state index in [9.17, 15) is 0 Å². The fourth-order valence-electron chi connectivity index (χ4n) is 3.03. The van der Waals surface area contributed by atoms with Gasteiger partial charge in [-0.25, -0.2) is 0 Å². The van der Waals surface area contributed by atoms with Crippen molar-refractivity contribution in [2.45, 2.75) is 87.5 Å². The van der Waals surface area contributed by atoms with Gasteiger partial charge in [0.05, 0.1) is 0 Å². The van der Waals surface area contributed by atoms with Gasteiger partial charge < -0.3 is 0 Å². The van der Waals surface area contributed by atoms with Crippen LogP contribution in [0.25, 0.3) is 0 Å². The standard InChI is InChI=1S/C11H23I.C7H16.C2H6/c1-5-10(6-2)9(3)11-7-12(4)8-11;1-4-6-7(3)5-2;1-2/h9-11H,5-8H2,1-4H3;7H,4-6H2,1-3H3;1-2H3. The smallest absolute Gasteiger partial charge is 0.0446 e. The summed E-state index contributed by atoms with van der Waals surface area (Å²) in [7, 11) is 0. The van der Waals surface area contributed by atoms with E-state index in [0.717, 1.165) is 23.7 Å². The Labute approximate surface area is 144 Å². The van der Waals surface area contributed by atoms with Crippen LogP contribution in [0.4, 0.5) is 0 Å². The predicted octanol–water partition coefficient (Wildman–Crippen LogP) is 7.68. The Bertz CT molecular complexity index is 192. The van der Waals surface area contributed by atoms with Crippen molar-refractivity contribution in [3.63, 3.8) is 0 Å². The first kappa shape index (κ1) is 24.0. The van der Waals surface area contributed by atoms with Gasteiger partial charge in [-0.15, -0.1) is 0 Å². The molecule has 1 aliphatic heterocycles. The SMILES string of the molecule is CC.CCC(CC)C(C)C1CI(C)C1.CCCC(C)CC. The van der Waals surface area contributed by atoms with Gasteiger partial charge in [0.25, 0.3) is 0 Å². The minimum Gasteiger partial charge on any atom is -0.0654 e. The average Bonchev–Trinajstić information content (AvgIpc) is 2.48. The molecular weight excluding hydrogens is 367 g/mol. The van der Waals surface area contributed by atoms with Crippen LogP contribution in [-0.4, -0.2) is 13.8 Å². The van der Waals surface area contributed by atoms with Crippen LogP contribution in [0.1, 0.15) is 87.5 Å². The van der Waals surface area contributed by atoms with Gasteiger partial charge in [-0.2, -0.15) is 0 Å². The van der Waals surface area contributed by atoms with E-state index in [4.69, 9.17) is 0 Å². The third-order valence-electron chi connectivity index (χ3n) is 4.94. The van der Waals surface area contributed by atoms with Crippen LogP contribution in [0.3, 0.4) is 0 Å². The molecule has 1 saturated heterocycles. The summed E-state index contributed by atoms with van der Waals surface area (Å²) in [6, 6.07) is 0. The predicted molar refractivity (Wildman–Crippen MR) is 112 cm³/mol. The van der Waals surface area contributed by atoms with Gasteiger partial charge >= 0.3 is 85.0 Å². The van der Waals surface area contributed by atoms with Crippen molar-refractivity contribution in [1.29, 1.82) is 0 Å². The summed E-state index contributed by atoms with van der Waals surface area (Å²) in [5, 5.41) is 0. The fourth-order valence-corrected chi connectivity index (χ4v) is 8.24. The zero-order valence-electron chi connectivity index (χ0n) is 16.6. The van der Waals surface area contributed by atoms with Crippen molar-refractivity contribution >= 4 is 19.8 Å². The number of alkyl halides is 3. The second kappa shape index (κ2) is 15.6. The topological polar surface area (TPSA) is 0 Å². The molecule has 1 fully saturated rings. The molecule has 0 amide bonds. The molecule has 1 rings (SSSR count). The van der Waals surface area contributed by atoms with E-state index >= 15 is 0 Å². The molecule has 21 heavy (non-hydrogen) atoms. The zero-order chi connectivity index (χ0) is 16.8. The molecule has 2 atom stereocenters. The number of hydrogen-bond donors (Lipinski definition) is 0. The van der Waals surface area contributed by atoms with Crippen molar-refractivity contribution in [3.8, 4) is 0 Å². The molecule has 0 radical (unpaired) electrons. The fraction of sp³-hybridized carbons (Fsp3) is 1.00. The molecule has 1 heteroatoms. The van der Waals surface area contributed by atoms with Crippen molar-refractivity contribution < 1.29 is 0 Å². The average molecular weight is 412 g/mol. The summed E-state index contributed by atoms with van der Waals surface area (Å²) in [5.41, 5.74) is 0. The van der Waals surface area contributed by atoms with E-state index < -0.39 is 0 Å². The molecular formula is C20H45I. The van der Waals surface area contributed by atoms with Gasteiger partial charge in [0.2, 0.25) is 0 Å². The molecule has 132 valence electrons. The van der Waals surface area contributed by atoms with E-state index in [0.29, 0.717) is 0 Å².